The molecule has 0 N–H and O–H groups in total. The van der Waals surface area contributed by atoms with Crippen molar-refractivity contribution < 1.29 is 9.53 Å². The van der Waals surface area contributed by atoms with E-state index in [-0.39, 0.29) is 11.9 Å². The number of esters is 1. The summed E-state index contributed by atoms with van der Waals surface area (Å²) in [5.74, 6) is 0.752. The Labute approximate surface area is 109 Å². The van der Waals surface area contributed by atoms with Gasteiger partial charge in [-0.25, -0.2) is 4.98 Å². The average Bonchev–Trinajstić information content (AvgIpc) is 2.81. The third-order valence-electron chi connectivity index (χ3n) is 3.09. The molecule has 2 heterocycles. The summed E-state index contributed by atoms with van der Waals surface area (Å²) in [5.41, 5.74) is 1.15. The molecule has 5 heteroatoms. The highest BCUT2D eigenvalue weighted by atomic mass is 79.9. The average molecular weight is 299 g/mol. The van der Waals surface area contributed by atoms with Gasteiger partial charge in [0.05, 0.1) is 17.5 Å². The van der Waals surface area contributed by atoms with Crippen molar-refractivity contribution in [2.45, 2.75) is 13.3 Å². The molecular formula is C12H15BrN2O2. The van der Waals surface area contributed by atoms with Crippen LogP contribution in [0.3, 0.4) is 0 Å². The molecule has 1 aromatic rings. The molecule has 0 radical (unpaired) electrons. The van der Waals surface area contributed by atoms with Crippen molar-refractivity contribution in [3.05, 3.63) is 22.3 Å². The van der Waals surface area contributed by atoms with E-state index in [1.807, 2.05) is 13.0 Å². The van der Waals surface area contributed by atoms with Gasteiger partial charge in [0.15, 0.2) is 0 Å². The van der Waals surface area contributed by atoms with Crippen molar-refractivity contribution in [3.63, 3.8) is 0 Å². The number of aryl methyl sites for hydroxylation is 1. The maximum absolute atomic E-state index is 11.5. The van der Waals surface area contributed by atoms with Gasteiger partial charge < -0.3 is 9.64 Å². The minimum atomic E-state index is -0.128. The highest BCUT2D eigenvalue weighted by Crippen LogP contribution is 2.30. The van der Waals surface area contributed by atoms with Gasteiger partial charge in [0.2, 0.25) is 0 Å². The van der Waals surface area contributed by atoms with Crippen LogP contribution in [0.1, 0.15) is 12.0 Å². The first kappa shape index (κ1) is 12.4. The number of pyridine rings is 1. The summed E-state index contributed by atoms with van der Waals surface area (Å²) < 4.78 is 5.78. The number of anilines is 1. The molecule has 1 atom stereocenters. The monoisotopic (exact) mass is 298 g/mol. The SMILES string of the molecule is COC(=O)C1CCN(c2nccc(C)c2Br)C1. The molecule has 1 saturated heterocycles. The number of ether oxygens (including phenoxy) is 1. The van der Waals surface area contributed by atoms with E-state index in [0.717, 1.165) is 28.8 Å². The molecule has 17 heavy (non-hydrogen) atoms. The van der Waals surface area contributed by atoms with Crippen LogP contribution in [0.2, 0.25) is 0 Å². The van der Waals surface area contributed by atoms with E-state index in [1.165, 1.54) is 7.11 Å². The van der Waals surface area contributed by atoms with Gasteiger partial charge in [0, 0.05) is 19.3 Å². The summed E-state index contributed by atoms with van der Waals surface area (Å²) in [4.78, 5) is 18.0. The lowest BCUT2D eigenvalue weighted by Crippen LogP contribution is -2.24. The number of hydrogen-bond donors (Lipinski definition) is 0. The summed E-state index contributed by atoms with van der Waals surface area (Å²) in [6.45, 7) is 3.56. The molecule has 0 amide bonds. The van der Waals surface area contributed by atoms with Crippen molar-refractivity contribution in [1.82, 2.24) is 4.98 Å². The maximum atomic E-state index is 11.5. The Morgan fingerprint density at radius 3 is 3.12 bits per heavy atom. The number of carbonyl (C=O) groups excluding carboxylic acids is 1. The Hall–Kier alpha value is -1.10. The van der Waals surface area contributed by atoms with Crippen molar-refractivity contribution in [3.8, 4) is 0 Å². The Morgan fingerprint density at radius 2 is 2.41 bits per heavy atom. The van der Waals surface area contributed by atoms with E-state index in [0.29, 0.717) is 6.54 Å². The fraction of sp³-hybridized carbons (Fsp3) is 0.500. The van der Waals surface area contributed by atoms with E-state index in [9.17, 15) is 4.79 Å². The third kappa shape index (κ3) is 2.44. The van der Waals surface area contributed by atoms with Crippen LogP contribution in [0.25, 0.3) is 0 Å². The molecule has 0 aliphatic carbocycles. The molecule has 1 unspecified atom stereocenters. The Kier molecular flexibility index (Phi) is 3.66. The van der Waals surface area contributed by atoms with Gasteiger partial charge in [0.25, 0.3) is 0 Å². The van der Waals surface area contributed by atoms with Gasteiger partial charge in [-0.1, -0.05) is 0 Å². The van der Waals surface area contributed by atoms with E-state index in [1.54, 1.807) is 6.20 Å². The molecule has 1 aliphatic heterocycles. The first-order valence-electron chi connectivity index (χ1n) is 5.57. The Bertz CT molecular complexity index is 437. The second-order valence-corrected chi connectivity index (χ2v) is 5.01. The number of aromatic nitrogens is 1. The predicted octanol–water partition coefficient (Wildman–Crippen LogP) is 2.15. The summed E-state index contributed by atoms with van der Waals surface area (Å²) in [7, 11) is 1.44. The lowest BCUT2D eigenvalue weighted by molar-refractivity contribution is -0.144. The lowest BCUT2D eigenvalue weighted by Gasteiger charge is -2.19. The summed E-state index contributed by atoms with van der Waals surface area (Å²) in [6.07, 6.45) is 2.62. The second kappa shape index (κ2) is 5.04. The van der Waals surface area contributed by atoms with Crippen LogP contribution in [-0.2, 0) is 9.53 Å². The topological polar surface area (TPSA) is 42.4 Å². The molecule has 4 nitrogen and oxygen atoms in total. The summed E-state index contributed by atoms with van der Waals surface area (Å²) in [6, 6.07) is 1.96. The van der Waals surface area contributed by atoms with Gasteiger partial charge in [-0.3, -0.25) is 4.79 Å². The zero-order chi connectivity index (χ0) is 12.4. The minimum Gasteiger partial charge on any atom is -0.469 e. The molecule has 1 aromatic heterocycles. The third-order valence-corrected chi connectivity index (χ3v) is 4.07. The van der Waals surface area contributed by atoms with E-state index >= 15 is 0 Å². The highest BCUT2D eigenvalue weighted by Gasteiger charge is 2.30. The first-order valence-corrected chi connectivity index (χ1v) is 6.36. The maximum Gasteiger partial charge on any atom is 0.310 e. The summed E-state index contributed by atoms with van der Waals surface area (Å²) >= 11 is 3.54. The quantitative estimate of drug-likeness (QED) is 0.785. The molecule has 1 aliphatic rings. The van der Waals surface area contributed by atoms with Gasteiger partial charge in [-0.2, -0.15) is 0 Å². The number of carbonyl (C=O) groups is 1. The Morgan fingerprint density at radius 1 is 1.65 bits per heavy atom. The smallest absolute Gasteiger partial charge is 0.310 e. The second-order valence-electron chi connectivity index (χ2n) is 4.22. The van der Waals surface area contributed by atoms with Crippen LogP contribution in [0, 0.1) is 12.8 Å². The van der Waals surface area contributed by atoms with Crippen LogP contribution in [0.4, 0.5) is 5.82 Å². The van der Waals surface area contributed by atoms with Crippen LogP contribution >= 0.6 is 15.9 Å². The number of methoxy groups -OCH3 is 1. The number of nitrogens with zero attached hydrogens (tertiary/aromatic N) is 2. The highest BCUT2D eigenvalue weighted by molar-refractivity contribution is 9.10. The number of rotatable bonds is 2. The van der Waals surface area contributed by atoms with Crippen LogP contribution < -0.4 is 4.90 Å². The molecule has 0 saturated carbocycles. The van der Waals surface area contributed by atoms with Gasteiger partial charge >= 0.3 is 5.97 Å². The first-order chi connectivity index (χ1) is 8.13. The molecule has 0 aromatic carbocycles. The standard InChI is InChI=1S/C12H15BrN2O2/c1-8-3-5-14-11(10(8)13)15-6-4-9(7-15)12(16)17-2/h3,5,9H,4,6-7H2,1-2H3. The largest absolute Gasteiger partial charge is 0.469 e. The molecule has 0 bridgehead atoms. The molecular weight excluding hydrogens is 284 g/mol. The van der Waals surface area contributed by atoms with E-state index in [2.05, 4.69) is 25.8 Å². The fourth-order valence-electron chi connectivity index (χ4n) is 2.06. The fourth-order valence-corrected chi connectivity index (χ4v) is 2.54. The van der Waals surface area contributed by atoms with E-state index < -0.39 is 0 Å². The normalized spacial score (nSPS) is 19.5. The van der Waals surface area contributed by atoms with Crippen LogP contribution in [0.5, 0.6) is 0 Å². The van der Waals surface area contributed by atoms with Crippen molar-refractivity contribution in [1.29, 1.82) is 0 Å². The molecule has 0 spiro atoms. The number of hydrogen-bond acceptors (Lipinski definition) is 4. The zero-order valence-corrected chi connectivity index (χ0v) is 11.5. The zero-order valence-electron chi connectivity index (χ0n) is 9.94. The predicted molar refractivity (Wildman–Crippen MR) is 69.0 cm³/mol. The van der Waals surface area contributed by atoms with Gasteiger partial charge in [-0.05, 0) is 40.9 Å². The molecule has 2 rings (SSSR count). The molecule has 1 fully saturated rings. The van der Waals surface area contributed by atoms with Gasteiger partial charge in [0.1, 0.15) is 5.82 Å². The summed E-state index contributed by atoms with van der Waals surface area (Å²) in [5, 5.41) is 0. The molecule has 92 valence electrons. The Balaban J connectivity index is 2.15. The lowest BCUT2D eigenvalue weighted by atomic mass is 10.1. The van der Waals surface area contributed by atoms with Crippen molar-refractivity contribution in [2.75, 3.05) is 25.1 Å². The van der Waals surface area contributed by atoms with Crippen molar-refractivity contribution >= 4 is 27.7 Å². The van der Waals surface area contributed by atoms with Gasteiger partial charge in [-0.15, -0.1) is 0 Å². The number of halogens is 1. The minimum absolute atomic E-state index is 0.0331. The van der Waals surface area contributed by atoms with E-state index in [4.69, 9.17) is 4.74 Å². The van der Waals surface area contributed by atoms with Crippen LogP contribution in [0.15, 0.2) is 16.7 Å². The van der Waals surface area contributed by atoms with Crippen LogP contribution in [-0.4, -0.2) is 31.2 Å². The van der Waals surface area contributed by atoms with Crippen molar-refractivity contribution in [2.24, 2.45) is 5.92 Å².